The molecule has 2 rings (SSSR count). The van der Waals surface area contributed by atoms with Gasteiger partial charge in [-0.3, -0.25) is 9.59 Å². The van der Waals surface area contributed by atoms with Crippen molar-refractivity contribution in [3.63, 3.8) is 0 Å². The zero-order valence-electron chi connectivity index (χ0n) is 18.0. The van der Waals surface area contributed by atoms with Gasteiger partial charge < -0.3 is 18.9 Å². The SMILES string of the molecule is O=C(CC(=O)OCCCCOCc1ccccc1)OCCCCOCc1ccccc1. The smallest absolute Gasteiger partial charge is 0.317 e. The van der Waals surface area contributed by atoms with Crippen LogP contribution in [-0.4, -0.2) is 38.4 Å². The minimum atomic E-state index is -0.554. The molecule has 0 aliphatic heterocycles. The van der Waals surface area contributed by atoms with Crippen LogP contribution in [0.2, 0.25) is 0 Å². The first-order chi connectivity index (χ1) is 15.2. The third-order valence-corrected chi connectivity index (χ3v) is 4.40. The monoisotopic (exact) mass is 428 g/mol. The summed E-state index contributed by atoms with van der Waals surface area (Å²) in [5.41, 5.74) is 2.26. The van der Waals surface area contributed by atoms with Gasteiger partial charge in [-0.2, -0.15) is 0 Å². The Kier molecular flexibility index (Phi) is 12.7. The summed E-state index contributed by atoms with van der Waals surface area (Å²) in [7, 11) is 0. The summed E-state index contributed by atoms with van der Waals surface area (Å²) in [5, 5.41) is 0. The van der Waals surface area contributed by atoms with Crippen LogP contribution in [-0.2, 0) is 41.8 Å². The number of ether oxygens (including phenoxy) is 4. The lowest BCUT2D eigenvalue weighted by atomic mass is 10.2. The van der Waals surface area contributed by atoms with E-state index >= 15 is 0 Å². The molecule has 6 nitrogen and oxygen atoms in total. The summed E-state index contributed by atoms with van der Waals surface area (Å²) in [6, 6.07) is 19.9. The quantitative estimate of drug-likeness (QED) is 0.223. The Hall–Kier alpha value is -2.70. The van der Waals surface area contributed by atoms with Crippen molar-refractivity contribution in [2.45, 2.75) is 45.3 Å². The zero-order valence-corrected chi connectivity index (χ0v) is 18.0. The predicted molar refractivity (Wildman–Crippen MR) is 117 cm³/mol. The average molecular weight is 429 g/mol. The Morgan fingerprint density at radius 2 is 0.935 bits per heavy atom. The summed E-state index contributed by atoms with van der Waals surface area (Å²) in [4.78, 5) is 23.3. The van der Waals surface area contributed by atoms with Crippen LogP contribution < -0.4 is 0 Å². The van der Waals surface area contributed by atoms with Gasteiger partial charge in [0.2, 0.25) is 0 Å². The molecule has 0 saturated carbocycles. The molecule has 168 valence electrons. The number of esters is 2. The number of hydrogen-bond donors (Lipinski definition) is 0. The average Bonchev–Trinajstić information content (AvgIpc) is 2.79. The molecule has 31 heavy (non-hydrogen) atoms. The molecule has 0 aliphatic carbocycles. The number of benzene rings is 2. The van der Waals surface area contributed by atoms with Crippen LogP contribution in [0.1, 0.15) is 43.2 Å². The van der Waals surface area contributed by atoms with Gasteiger partial charge in [-0.25, -0.2) is 0 Å². The topological polar surface area (TPSA) is 71.1 Å². The second kappa shape index (κ2) is 16.1. The van der Waals surface area contributed by atoms with Crippen LogP contribution in [0, 0.1) is 0 Å². The molecule has 0 spiro atoms. The normalized spacial score (nSPS) is 10.6. The summed E-state index contributed by atoms with van der Waals surface area (Å²) < 4.78 is 21.3. The lowest BCUT2D eigenvalue weighted by molar-refractivity contribution is -0.154. The van der Waals surface area contributed by atoms with Gasteiger partial charge in [-0.15, -0.1) is 0 Å². The largest absolute Gasteiger partial charge is 0.465 e. The van der Waals surface area contributed by atoms with Crippen LogP contribution in [0.3, 0.4) is 0 Å². The Labute approximate surface area is 184 Å². The van der Waals surface area contributed by atoms with E-state index < -0.39 is 11.9 Å². The minimum Gasteiger partial charge on any atom is -0.465 e. The first kappa shape index (κ1) is 24.6. The van der Waals surface area contributed by atoms with E-state index in [1.54, 1.807) is 0 Å². The van der Waals surface area contributed by atoms with Crippen LogP contribution >= 0.6 is 0 Å². The van der Waals surface area contributed by atoms with Gasteiger partial charge in [0, 0.05) is 13.2 Å². The fourth-order valence-electron chi connectivity index (χ4n) is 2.73. The molecule has 0 amide bonds. The number of unbranched alkanes of at least 4 members (excludes halogenated alkanes) is 2. The second-order valence-corrected chi connectivity index (χ2v) is 7.11. The van der Waals surface area contributed by atoms with Crippen molar-refractivity contribution in [1.29, 1.82) is 0 Å². The molecule has 0 saturated heterocycles. The van der Waals surface area contributed by atoms with Crippen LogP contribution in [0.15, 0.2) is 60.7 Å². The fourth-order valence-corrected chi connectivity index (χ4v) is 2.73. The molecular formula is C25H32O6. The van der Waals surface area contributed by atoms with E-state index in [2.05, 4.69) is 0 Å². The lowest BCUT2D eigenvalue weighted by Gasteiger charge is -2.07. The van der Waals surface area contributed by atoms with Crippen LogP contribution in [0.25, 0.3) is 0 Å². The summed E-state index contributed by atoms with van der Waals surface area (Å²) in [6.07, 6.45) is 2.61. The number of hydrogen-bond acceptors (Lipinski definition) is 6. The van der Waals surface area contributed by atoms with E-state index in [0.29, 0.717) is 39.3 Å². The summed E-state index contributed by atoms with van der Waals surface area (Å²) in [5.74, 6) is -1.11. The molecule has 0 bridgehead atoms. The number of carbonyl (C=O) groups excluding carboxylic acids is 2. The summed E-state index contributed by atoms with van der Waals surface area (Å²) in [6.45, 7) is 2.91. The first-order valence-electron chi connectivity index (χ1n) is 10.8. The Balaban J connectivity index is 1.36. The van der Waals surface area contributed by atoms with Crippen LogP contribution in [0.4, 0.5) is 0 Å². The Bertz CT molecular complexity index is 669. The molecule has 0 aromatic heterocycles. The highest BCUT2D eigenvalue weighted by Crippen LogP contribution is 2.03. The van der Waals surface area contributed by atoms with Gasteiger partial charge in [-0.1, -0.05) is 60.7 Å². The number of rotatable bonds is 16. The van der Waals surface area contributed by atoms with Gasteiger partial charge in [-0.05, 0) is 36.8 Å². The molecule has 0 aliphatic rings. The fraction of sp³-hybridized carbons (Fsp3) is 0.440. The predicted octanol–water partition coefficient (Wildman–Crippen LogP) is 4.46. The van der Waals surface area contributed by atoms with Crippen LogP contribution in [0.5, 0.6) is 0 Å². The van der Waals surface area contributed by atoms with E-state index in [4.69, 9.17) is 18.9 Å². The first-order valence-corrected chi connectivity index (χ1v) is 10.8. The maximum Gasteiger partial charge on any atom is 0.317 e. The molecule has 2 aromatic rings. The standard InChI is InChI=1S/C25H32O6/c26-24(30-17-9-7-15-28-20-22-11-3-1-4-12-22)19-25(27)31-18-10-8-16-29-21-23-13-5-2-6-14-23/h1-6,11-14H,7-10,15-21H2. The van der Waals surface area contributed by atoms with Crippen molar-refractivity contribution in [3.8, 4) is 0 Å². The Morgan fingerprint density at radius 3 is 1.35 bits per heavy atom. The van der Waals surface area contributed by atoms with E-state index in [0.717, 1.165) is 24.0 Å². The van der Waals surface area contributed by atoms with E-state index in [1.165, 1.54) is 0 Å². The molecule has 0 radical (unpaired) electrons. The number of carbonyl (C=O) groups is 2. The molecule has 6 heteroatoms. The Morgan fingerprint density at radius 1 is 0.548 bits per heavy atom. The highest BCUT2D eigenvalue weighted by Gasteiger charge is 2.11. The van der Waals surface area contributed by atoms with Crippen molar-refractivity contribution in [3.05, 3.63) is 71.8 Å². The molecule has 0 unspecified atom stereocenters. The lowest BCUT2D eigenvalue weighted by Crippen LogP contribution is -2.15. The van der Waals surface area contributed by atoms with Gasteiger partial charge in [0.1, 0.15) is 6.42 Å². The van der Waals surface area contributed by atoms with E-state index in [-0.39, 0.29) is 19.6 Å². The van der Waals surface area contributed by atoms with Gasteiger partial charge in [0.05, 0.1) is 26.4 Å². The maximum atomic E-state index is 11.7. The van der Waals surface area contributed by atoms with Crippen molar-refractivity contribution in [1.82, 2.24) is 0 Å². The minimum absolute atomic E-state index is 0.277. The highest BCUT2D eigenvalue weighted by atomic mass is 16.6. The molecular weight excluding hydrogens is 396 g/mol. The van der Waals surface area contributed by atoms with Gasteiger partial charge in [0.15, 0.2) is 0 Å². The molecule has 0 N–H and O–H groups in total. The third kappa shape index (κ3) is 12.6. The van der Waals surface area contributed by atoms with Crippen molar-refractivity contribution in [2.24, 2.45) is 0 Å². The van der Waals surface area contributed by atoms with Crippen molar-refractivity contribution < 1.29 is 28.5 Å². The highest BCUT2D eigenvalue weighted by molar-refractivity contribution is 5.91. The second-order valence-electron chi connectivity index (χ2n) is 7.11. The van der Waals surface area contributed by atoms with E-state index in [9.17, 15) is 9.59 Å². The van der Waals surface area contributed by atoms with E-state index in [1.807, 2.05) is 60.7 Å². The van der Waals surface area contributed by atoms with Crippen molar-refractivity contribution in [2.75, 3.05) is 26.4 Å². The van der Waals surface area contributed by atoms with Crippen molar-refractivity contribution >= 4 is 11.9 Å². The van der Waals surface area contributed by atoms with Gasteiger partial charge >= 0.3 is 11.9 Å². The third-order valence-electron chi connectivity index (χ3n) is 4.40. The summed E-state index contributed by atoms with van der Waals surface area (Å²) >= 11 is 0. The molecule has 0 heterocycles. The molecule has 0 atom stereocenters. The molecule has 0 fully saturated rings. The zero-order chi connectivity index (χ0) is 22.0. The molecule has 2 aromatic carbocycles. The van der Waals surface area contributed by atoms with Gasteiger partial charge in [0.25, 0.3) is 0 Å². The maximum absolute atomic E-state index is 11.7.